The van der Waals surface area contributed by atoms with E-state index in [9.17, 15) is 0 Å². The maximum absolute atomic E-state index is 5.29. The maximum Gasteiger partial charge on any atom is 0.0937 e. The lowest BCUT2D eigenvalue weighted by atomic mass is 9.65. The first-order chi connectivity index (χ1) is 8.62. The minimum absolute atomic E-state index is 0.475. The van der Waals surface area contributed by atoms with Crippen LogP contribution in [0.3, 0.4) is 0 Å². The third-order valence-corrected chi connectivity index (χ3v) is 4.34. The third kappa shape index (κ3) is 3.38. The minimum Gasteiger partial charge on any atom is -0.472 e. The molecule has 0 bridgehead atoms. The van der Waals surface area contributed by atoms with E-state index in [1.54, 1.807) is 0 Å². The Labute approximate surface area is 111 Å². The molecule has 1 aliphatic carbocycles. The topological polar surface area (TPSA) is 25.2 Å². The van der Waals surface area contributed by atoms with Crippen molar-refractivity contribution in [3.05, 3.63) is 24.2 Å². The van der Waals surface area contributed by atoms with Gasteiger partial charge in [0.05, 0.1) is 12.5 Å². The van der Waals surface area contributed by atoms with E-state index in [2.05, 4.69) is 32.2 Å². The van der Waals surface area contributed by atoms with Gasteiger partial charge in [0.15, 0.2) is 0 Å². The molecule has 0 saturated heterocycles. The zero-order valence-electron chi connectivity index (χ0n) is 12.0. The van der Waals surface area contributed by atoms with E-state index in [1.807, 2.05) is 12.5 Å². The van der Waals surface area contributed by atoms with Crippen molar-refractivity contribution in [2.24, 2.45) is 11.3 Å². The van der Waals surface area contributed by atoms with E-state index in [4.69, 9.17) is 4.42 Å². The Kier molecular flexibility index (Phi) is 4.50. The SMILES string of the molecule is CCCNCC1CCC(C)(C)CC1c1ccoc1. The first kappa shape index (κ1) is 13.7. The number of rotatable bonds is 5. The van der Waals surface area contributed by atoms with Gasteiger partial charge in [-0.05, 0) is 67.7 Å². The predicted molar refractivity (Wildman–Crippen MR) is 75.7 cm³/mol. The van der Waals surface area contributed by atoms with E-state index in [-0.39, 0.29) is 0 Å². The van der Waals surface area contributed by atoms with Gasteiger partial charge < -0.3 is 9.73 Å². The Morgan fingerprint density at radius 1 is 1.44 bits per heavy atom. The maximum atomic E-state index is 5.29. The van der Waals surface area contributed by atoms with Crippen molar-refractivity contribution in [1.29, 1.82) is 0 Å². The van der Waals surface area contributed by atoms with Crippen LogP contribution >= 0.6 is 0 Å². The molecule has 0 aliphatic heterocycles. The molecular weight excluding hydrogens is 222 g/mol. The molecule has 0 spiro atoms. The summed E-state index contributed by atoms with van der Waals surface area (Å²) >= 11 is 0. The highest BCUT2D eigenvalue weighted by Gasteiger charge is 2.35. The van der Waals surface area contributed by atoms with Gasteiger partial charge in [0, 0.05) is 0 Å². The van der Waals surface area contributed by atoms with E-state index in [0.717, 1.165) is 19.0 Å². The fourth-order valence-electron chi connectivity index (χ4n) is 3.23. The normalized spacial score (nSPS) is 27.3. The molecule has 2 nitrogen and oxygen atoms in total. The van der Waals surface area contributed by atoms with Crippen molar-refractivity contribution in [1.82, 2.24) is 5.32 Å². The van der Waals surface area contributed by atoms with Crippen LogP contribution in [0.5, 0.6) is 0 Å². The van der Waals surface area contributed by atoms with Crippen LogP contribution in [0.15, 0.2) is 23.0 Å². The van der Waals surface area contributed by atoms with Crippen LogP contribution in [0, 0.1) is 11.3 Å². The molecule has 18 heavy (non-hydrogen) atoms. The zero-order valence-corrected chi connectivity index (χ0v) is 12.0. The van der Waals surface area contributed by atoms with Crippen molar-refractivity contribution in [2.75, 3.05) is 13.1 Å². The summed E-state index contributed by atoms with van der Waals surface area (Å²) in [4.78, 5) is 0. The second-order valence-corrected chi connectivity index (χ2v) is 6.53. The highest BCUT2D eigenvalue weighted by atomic mass is 16.3. The average Bonchev–Trinajstić information content (AvgIpc) is 2.84. The molecule has 1 N–H and O–H groups in total. The lowest BCUT2D eigenvalue weighted by molar-refractivity contribution is 0.159. The van der Waals surface area contributed by atoms with Crippen molar-refractivity contribution in [3.63, 3.8) is 0 Å². The molecule has 1 aromatic rings. The van der Waals surface area contributed by atoms with Crippen molar-refractivity contribution in [3.8, 4) is 0 Å². The summed E-state index contributed by atoms with van der Waals surface area (Å²) in [5.74, 6) is 1.43. The monoisotopic (exact) mass is 249 g/mol. The van der Waals surface area contributed by atoms with Crippen molar-refractivity contribution < 1.29 is 4.42 Å². The van der Waals surface area contributed by atoms with Gasteiger partial charge in [-0.1, -0.05) is 20.8 Å². The first-order valence-electron chi connectivity index (χ1n) is 7.35. The molecular formula is C16H27NO. The van der Waals surface area contributed by atoms with Crippen LogP contribution < -0.4 is 5.32 Å². The standard InChI is InChI=1S/C16H27NO/c1-4-8-17-11-13-5-7-16(2,3)10-15(13)14-6-9-18-12-14/h6,9,12-13,15,17H,4-5,7-8,10-11H2,1-3H3. The second kappa shape index (κ2) is 5.92. The summed E-state index contributed by atoms with van der Waals surface area (Å²) in [6.07, 6.45) is 8.94. The highest BCUT2D eigenvalue weighted by molar-refractivity contribution is 5.16. The fourth-order valence-corrected chi connectivity index (χ4v) is 3.23. The van der Waals surface area contributed by atoms with Crippen LogP contribution in [0.25, 0.3) is 0 Å². The van der Waals surface area contributed by atoms with Crippen LogP contribution in [0.2, 0.25) is 0 Å². The summed E-state index contributed by atoms with van der Waals surface area (Å²) in [6.45, 7) is 9.31. The summed E-state index contributed by atoms with van der Waals surface area (Å²) in [5, 5.41) is 3.59. The first-order valence-corrected chi connectivity index (χ1v) is 7.35. The highest BCUT2D eigenvalue weighted by Crippen LogP contribution is 2.46. The molecule has 0 radical (unpaired) electrons. The van der Waals surface area contributed by atoms with Crippen molar-refractivity contribution >= 4 is 0 Å². The number of furan rings is 1. The second-order valence-electron chi connectivity index (χ2n) is 6.53. The van der Waals surface area contributed by atoms with Crippen LogP contribution in [0.1, 0.15) is 57.9 Å². The molecule has 1 aromatic heterocycles. The molecule has 1 fully saturated rings. The largest absolute Gasteiger partial charge is 0.472 e. The Bertz CT molecular complexity index is 342. The lowest BCUT2D eigenvalue weighted by Gasteiger charge is -2.40. The number of hydrogen-bond donors (Lipinski definition) is 1. The van der Waals surface area contributed by atoms with Crippen molar-refractivity contribution in [2.45, 2.75) is 52.4 Å². The molecule has 1 saturated carbocycles. The quantitative estimate of drug-likeness (QED) is 0.792. The fraction of sp³-hybridized carbons (Fsp3) is 0.750. The molecule has 2 unspecified atom stereocenters. The molecule has 0 amide bonds. The molecule has 2 rings (SSSR count). The number of nitrogens with one attached hydrogen (secondary N) is 1. The summed E-state index contributed by atoms with van der Waals surface area (Å²) in [6, 6.07) is 2.15. The van der Waals surface area contributed by atoms with Crippen LogP contribution in [0.4, 0.5) is 0 Å². The van der Waals surface area contributed by atoms with Gasteiger partial charge in [-0.2, -0.15) is 0 Å². The van der Waals surface area contributed by atoms with E-state index >= 15 is 0 Å². The van der Waals surface area contributed by atoms with Gasteiger partial charge >= 0.3 is 0 Å². The van der Waals surface area contributed by atoms with E-state index < -0.39 is 0 Å². The predicted octanol–water partition coefficient (Wildman–Crippen LogP) is 4.19. The minimum atomic E-state index is 0.475. The molecule has 1 aliphatic rings. The molecule has 2 atom stereocenters. The summed E-state index contributed by atoms with van der Waals surface area (Å²) < 4.78 is 5.29. The van der Waals surface area contributed by atoms with Gasteiger partial charge in [-0.15, -0.1) is 0 Å². The van der Waals surface area contributed by atoms with Gasteiger partial charge in [0.25, 0.3) is 0 Å². The lowest BCUT2D eigenvalue weighted by Crippen LogP contribution is -2.34. The summed E-state index contributed by atoms with van der Waals surface area (Å²) in [7, 11) is 0. The average molecular weight is 249 g/mol. The Balaban J connectivity index is 2.03. The van der Waals surface area contributed by atoms with Gasteiger partial charge in [-0.25, -0.2) is 0 Å². The van der Waals surface area contributed by atoms with Gasteiger partial charge in [0.1, 0.15) is 0 Å². The van der Waals surface area contributed by atoms with E-state index in [0.29, 0.717) is 11.3 Å². The number of hydrogen-bond acceptors (Lipinski definition) is 2. The smallest absolute Gasteiger partial charge is 0.0937 e. The van der Waals surface area contributed by atoms with Crippen LogP contribution in [-0.2, 0) is 0 Å². The Morgan fingerprint density at radius 3 is 2.94 bits per heavy atom. The molecule has 2 heteroatoms. The Morgan fingerprint density at radius 2 is 2.28 bits per heavy atom. The molecule has 102 valence electrons. The zero-order chi connectivity index (χ0) is 13.0. The third-order valence-electron chi connectivity index (χ3n) is 4.34. The summed E-state index contributed by atoms with van der Waals surface area (Å²) in [5.41, 5.74) is 1.87. The van der Waals surface area contributed by atoms with Gasteiger partial charge in [0.2, 0.25) is 0 Å². The Hall–Kier alpha value is -0.760. The van der Waals surface area contributed by atoms with Gasteiger partial charge in [-0.3, -0.25) is 0 Å². The van der Waals surface area contributed by atoms with Crippen LogP contribution in [-0.4, -0.2) is 13.1 Å². The van der Waals surface area contributed by atoms with E-state index in [1.165, 1.54) is 31.2 Å². The molecule has 0 aromatic carbocycles. The molecule has 1 heterocycles.